The summed E-state index contributed by atoms with van der Waals surface area (Å²) in [7, 11) is 0. The van der Waals surface area contributed by atoms with Crippen LogP contribution < -0.4 is 10.1 Å². The summed E-state index contributed by atoms with van der Waals surface area (Å²) in [6.07, 6.45) is 1.99. The van der Waals surface area contributed by atoms with Crippen molar-refractivity contribution in [3.05, 3.63) is 82.2 Å². The number of hydrogen-bond acceptors (Lipinski definition) is 3. The Bertz CT molecular complexity index is 970. The summed E-state index contributed by atoms with van der Waals surface area (Å²) < 4.78 is 7.88. The summed E-state index contributed by atoms with van der Waals surface area (Å²) in [4.78, 5) is 12.6. The maximum Gasteiger partial charge on any atom is 0.251 e. The van der Waals surface area contributed by atoms with Gasteiger partial charge in [-0.25, -0.2) is 0 Å². The molecule has 0 spiro atoms. The van der Waals surface area contributed by atoms with Gasteiger partial charge in [-0.2, -0.15) is 5.10 Å². The van der Waals surface area contributed by atoms with Crippen molar-refractivity contribution in [3.8, 4) is 5.75 Å². The lowest BCUT2D eigenvalue weighted by Gasteiger charge is -2.14. The van der Waals surface area contributed by atoms with Crippen molar-refractivity contribution >= 4 is 5.91 Å². The number of carbonyl (C=O) groups excluding carboxylic acids is 1. The van der Waals surface area contributed by atoms with Gasteiger partial charge in [0.2, 0.25) is 0 Å². The lowest BCUT2D eigenvalue weighted by atomic mass is 10.1. The molecule has 0 aliphatic carbocycles. The van der Waals surface area contributed by atoms with Crippen molar-refractivity contribution in [1.29, 1.82) is 0 Å². The second-order valence-electron chi connectivity index (χ2n) is 7.43. The molecule has 1 unspecified atom stereocenters. The van der Waals surface area contributed by atoms with E-state index in [0.29, 0.717) is 12.2 Å². The van der Waals surface area contributed by atoms with E-state index in [1.807, 2.05) is 88.0 Å². The number of nitrogens with one attached hydrogen (secondary N) is 1. The Balaban J connectivity index is 1.62. The quantitative estimate of drug-likeness (QED) is 0.623. The standard InChI is InChI=1S/C24H29N3O2/c1-6-27-14-22(19(5)26-27)18(4)25-24(28)21-12-10-20(11-13-21)15-29-23-16(2)8-7-9-17(23)3/h7-14,18H,6,15H2,1-5H3,(H,25,28). The average Bonchev–Trinajstić information content (AvgIpc) is 3.09. The molecule has 5 nitrogen and oxygen atoms in total. The van der Waals surface area contributed by atoms with Crippen LogP contribution in [-0.4, -0.2) is 15.7 Å². The third kappa shape index (κ3) is 4.86. The zero-order valence-corrected chi connectivity index (χ0v) is 17.8. The van der Waals surface area contributed by atoms with Gasteiger partial charge in [-0.15, -0.1) is 0 Å². The summed E-state index contributed by atoms with van der Waals surface area (Å²) in [5.74, 6) is 0.828. The lowest BCUT2D eigenvalue weighted by molar-refractivity contribution is 0.0939. The second-order valence-corrected chi connectivity index (χ2v) is 7.43. The first-order valence-electron chi connectivity index (χ1n) is 10.0. The molecule has 0 saturated heterocycles. The van der Waals surface area contributed by atoms with Crippen molar-refractivity contribution in [3.63, 3.8) is 0 Å². The number of rotatable bonds is 7. The molecule has 1 heterocycles. The van der Waals surface area contributed by atoms with E-state index in [4.69, 9.17) is 4.74 Å². The number of ether oxygens (including phenoxy) is 1. The number of aryl methyl sites for hydroxylation is 4. The van der Waals surface area contributed by atoms with E-state index in [1.54, 1.807) is 0 Å². The van der Waals surface area contributed by atoms with Gasteiger partial charge in [0, 0.05) is 23.9 Å². The smallest absolute Gasteiger partial charge is 0.251 e. The van der Waals surface area contributed by atoms with Crippen LogP contribution >= 0.6 is 0 Å². The van der Waals surface area contributed by atoms with Gasteiger partial charge in [0.25, 0.3) is 5.91 Å². The molecule has 0 saturated carbocycles. The van der Waals surface area contributed by atoms with Gasteiger partial charge in [-0.3, -0.25) is 9.48 Å². The normalized spacial score (nSPS) is 11.9. The van der Waals surface area contributed by atoms with Crippen molar-refractivity contribution in [2.75, 3.05) is 0 Å². The van der Waals surface area contributed by atoms with E-state index in [1.165, 1.54) is 0 Å². The molecule has 2 aromatic carbocycles. The Labute approximate surface area is 172 Å². The number of carbonyl (C=O) groups is 1. The molecular weight excluding hydrogens is 362 g/mol. The van der Waals surface area contributed by atoms with Gasteiger partial charge in [-0.05, 0) is 63.4 Å². The van der Waals surface area contributed by atoms with Crippen LogP contribution in [0.1, 0.15) is 58.2 Å². The Kier molecular flexibility index (Phi) is 6.37. The van der Waals surface area contributed by atoms with Gasteiger partial charge >= 0.3 is 0 Å². The maximum absolute atomic E-state index is 12.6. The number of benzene rings is 2. The number of hydrogen-bond donors (Lipinski definition) is 1. The van der Waals surface area contributed by atoms with E-state index < -0.39 is 0 Å². The molecule has 1 atom stereocenters. The predicted octanol–water partition coefficient (Wildman–Crippen LogP) is 4.90. The summed E-state index contributed by atoms with van der Waals surface area (Å²) in [6.45, 7) is 11.4. The van der Waals surface area contributed by atoms with Crippen LogP contribution in [0.5, 0.6) is 5.75 Å². The first-order valence-corrected chi connectivity index (χ1v) is 10.0. The van der Waals surface area contributed by atoms with E-state index in [0.717, 1.165) is 40.2 Å². The van der Waals surface area contributed by atoms with Crippen molar-refractivity contribution < 1.29 is 9.53 Å². The minimum absolute atomic E-state index is 0.0941. The summed E-state index contributed by atoms with van der Waals surface area (Å²) in [5, 5.41) is 7.51. The number of aromatic nitrogens is 2. The summed E-state index contributed by atoms with van der Waals surface area (Å²) >= 11 is 0. The van der Waals surface area contributed by atoms with Crippen LogP contribution in [0, 0.1) is 20.8 Å². The molecule has 1 aromatic heterocycles. The molecule has 0 aliphatic heterocycles. The van der Waals surface area contributed by atoms with Gasteiger partial charge < -0.3 is 10.1 Å². The monoisotopic (exact) mass is 391 g/mol. The highest BCUT2D eigenvalue weighted by atomic mass is 16.5. The lowest BCUT2D eigenvalue weighted by Crippen LogP contribution is -2.26. The molecule has 0 fully saturated rings. The van der Waals surface area contributed by atoms with Gasteiger partial charge in [0.05, 0.1) is 11.7 Å². The van der Waals surface area contributed by atoms with Crippen LogP contribution in [0.4, 0.5) is 0 Å². The molecule has 0 bridgehead atoms. The minimum atomic E-state index is -0.102. The molecule has 0 aliphatic rings. The molecule has 29 heavy (non-hydrogen) atoms. The molecule has 3 aromatic rings. The summed E-state index contributed by atoms with van der Waals surface area (Å²) in [5.41, 5.74) is 5.89. The Hall–Kier alpha value is -3.08. The highest BCUT2D eigenvalue weighted by Gasteiger charge is 2.16. The van der Waals surface area contributed by atoms with Crippen LogP contribution in [0.3, 0.4) is 0 Å². The number of nitrogens with zero attached hydrogens (tertiary/aromatic N) is 2. The third-order valence-electron chi connectivity index (χ3n) is 5.13. The third-order valence-corrected chi connectivity index (χ3v) is 5.13. The van der Waals surface area contributed by atoms with Gasteiger partial charge in [-0.1, -0.05) is 30.3 Å². The molecule has 0 radical (unpaired) electrons. The van der Waals surface area contributed by atoms with Crippen molar-refractivity contribution in [2.45, 2.75) is 53.8 Å². The minimum Gasteiger partial charge on any atom is -0.488 e. The fourth-order valence-corrected chi connectivity index (χ4v) is 3.41. The molecule has 3 rings (SSSR count). The van der Waals surface area contributed by atoms with E-state index in [9.17, 15) is 4.79 Å². The highest BCUT2D eigenvalue weighted by molar-refractivity contribution is 5.94. The fourth-order valence-electron chi connectivity index (χ4n) is 3.41. The average molecular weight is 392 g/mol. The SMILES string of the molecule is CCn1cc(C(C)NC(=O)c2ccc(COc3c(C)cccc3C)cc2)c(C)n1. The van der Waals surface area contributed by atoms with E-state index in [-0.39, 0.29) is 11.9 Å². The Morgan fingerprint density at radius 1 is 1.10 bits per heavy atom. The first-order chi connectivity index (χ1) is 13.9. The van der Waals surface area contributed by atoms with Crippen LogP contribution in [0.25, 0.3) is 0 Å². The van der Waals surface area contributed by atoms with Crippen LogP contribution in [-0.2, 0) is 13.2 Å². The molecule has 1 amide bonds. The number of para-hydroxylation sites is 1. The van der Waals surface area contributed by atoms with Gasteiger partial charge in [0.15, 0.2) is 0 Å². The zero-order valence-electron chi connectivity index (χ0n) is 17.8. The first kappa shape index (κ1) is 20.6. The summed E-state index contributed by atoms with van der Waals surface area (Å²) in [6, 6.07) is 13.6. The number of amides is 1. The molecule has 152 valence electrons. The Morgan fingerprint density at radius 2 is 1.76 bits per heavy atom. The predicted molar refractivity (Wildman–Crippen MR) is 115 cm³/mol. The van der Waals surface area contributed by atoms with E-state index >= 15 is 0 Å². The largest absolute Gasteiger partial charge is 0.488 e. The van der Waals surface area contributed by atoms with Crippen LogP contribution in [0.15, 0.2) is 48.7 Å². The molecule has 5 heteroatoms. The van der Waals surface area contributed by atoms with Gasteiger partial charge in [0.1, 0.15) is 12.4 Å². The second kappa shape index (κ2) is 8.95. The topological polar surface area (TPSA) is 56.2 Å². The highest BCUT2D eigenvalue weighted by Crippen LogP contribution is 2.23. The van der Waals surface area contributed by atoms with Crippen molar-refractivity contribution in [1.82, 2.24) is 15.1 Å². The molecular formula is C24H29N3O2. The van der Waals surface area contributed by atoms with Crippen molar-refractivity contribution in [2.24, 2.45) is 0 Å². The zero-order chi connectivity index (χ0) is 21.0. The fraction of sp³-hybridized carbons (Fsp3) is 0.333. The van der Waals surface area contributed by atoms with Crippen LogP contribution in [0.2, 0.25) is 0 Å². The van der Waals surface area contributed by atoms with E-state index in [2.05, 4.69) is 10.4 Å². The molecule has 1 N–H and O–H groups in total. The Morgan fingerprint density at radius 3 is 2.34 bits per heavy atom. The maximum atomic E-state index is 12.6.